The third-order valence-electron chi connectivity index (χ3n) is 5.13. The molecule has 0 atom stereocenters. The predicted octanol–water partition coefficient (Wildman–Crippen LogP) is 4.77. The van der Waals surface area contributed by atoms with Crippen LogP contribution < -0.4 is 9.64 Å². The number of ether oxygens (including phenoxy) is 1. The molecular formula is C23H24F2N6O. The van der Waals surface area contributed by atoms with Gasteiger partial charge in [-0.3, -0.25) is 4.98 Å². The van der Waals surface area contributed by atoms with Crippen molar-refractivity contribution in [2.45, 2.75) is 32.8 Å². The predicted molar refractivity (Wildman–Crippen MR) is 118 cm³/mol. The summed E-state index contributed by atoms with van der Waals surface area (Å²) < 4.78 is 32.8. The van der Waals surface area contributed by atoms with Crippen LogP contribution in [0.2, 0.25) is 0 Å². The number of fused-ring (bicyclic) bond motifs is 1. The van der Waals surface area contributed by atoms with Crippen molar-refractivity contribution in [2.75, 3.05) is 18.0 Å². The molecule has 1 saturated heterocycles. The molecular weight excluding hydrogens is 414 g/mol. The maximum Gasteiger partial charge on any atom is 0.167 e. The first kappa shape index (κ1) is 21.6. The zero-order valence-electron chi connectivity index (χ0n) is 17.9. The fourth-order valence-corrected chi connectivity index (χ4v) is 3.62. The van der Waals surface area contributed by atoms with E-state index in [2.05, 4.69) is 19.9 Å². The number of pyridine rings is 1. The summed E-state index contributed by atoms with van der Waals surface area (Å²) in [6.45, 7) is 5.33. The van der Waals surface area contributed by atoms with Crippen LogP contribution in [0.1, 0.15) is 26.7 Å². The maximum absolute atomic E-state index is 13.9. The summed E-state index contributed by atoms with van der Waals surface area (Å²) in [7, 11) is 0. The van der Waals surface area contributed by atoms with Crippen LogP contribution in [0.25, 0.3) is 22.4 Å². The number of nitrogens with one attached hydrogen (secondary N) is 1. The van der Waals surface area contributed by atoms with E-state index < -0.39 is 11.6 Å². The Morgan fingerprint density at radius 1 is 1.00 bits per heavy atom. The molecule has 0 saturated carbocycles. The Labute approximate surface area is 184 Å². The van der Waals surface area contributed by atoms with Gasteiger partial charge in [0.05, 0.1) is 29.9 Å². The van der Waals surface area contributed by atoms with E-state index in [1.165, 1.54) is 12.1 Å². The van der Waals surface area contributed by atoms with Crippen LogP contribution in [0.3, 0.4) is 0 Å². The molecule has 166 valence electrons. The van der Waals surface area contributed by atoms with Crippen LogP contribution in [0, 0.1) is 11.6 Å². The van der Waals surface area contributed by atoms with Crippen LogP contribution in [0.15, 0.2) is 49.2 Å². The van der Waals surface area contributed by atoms with Crippen LogP contribution in [0.5, 0.6) is 5.75 Å². The number of H-pyrrole nitrogens is 1. The summed E-state index contributed by atoms with van der Waals surface area (Å²) in [5.41, 5.74) is 2.94. The third-order valence-corrected chi connectivity index (χ3v) is 5.13. The molecule has 0 bridgehead atoms. The highest BCUT2D eigenvalue weighted by molar-refractivity contribution is 5.81. The van der Waals surface area contributed by atoms with Gasteiger partial charge in [-0.25, -0.2) is 23.7 Å². The van der Waals surface area contributed by atoms with Gasteiger partial charge in [0.25, 0.3) is 0 Å². The Bertz CT molecular complexity index is 1180. The summed E-state index contributed by atoms with van der Waals surface area (Å²) in [5.74, 6) is -0.477. The van der Waals surface area contributed by atoms with Crippen molar-refractivity contribution in [2.24, 2.45) is 0 Å². The van der Waals surface area contributed by atoms with Crippen molar-refractivity contribution in [3.05, 3.63) is 60.8 Å². The van der Waals surface area contributed by atoms with Gasteiger partial charge in [-0.15, -0.1) is 0 Å². The van der Waals surface area contributed by atoms with Crippen molar-refractivity contribution in [1.29, 1.82) is 0 Å². The summed E-state index contributed by atoms with van der Waals surface area (Å²) >= 11 is 0. The monoisotopic (exact) mass is 438 g/mol. The molecule has 9 heteroatoms. The normalized spacial score (nSPS) is 14.2. The van der Waals surface area contributed by atoms with E-state index in [0.29, 0.717) is 37.1 Å². The number of aromatic nitrogens is 5. The van der Waals surface area contributed by atoms with Gasteiger partial charge in [-0.05, 0) is 18.2 Å². The lowest BCUT2D eigenvalue weighted by molar-refractivity contribution is 0.163. The minimum absolute atomic E-state index is 0.0750. The molecule has 0 amide bonds. The van der Waals surface area contributed by atoms with E-state index in [0.717, 1.165) is 23.1 Å². The summed E-state index contributed by atoms with van der Waals surface area (Å²) in [6, 6.07) is 5.19. The Balaban J connectivity index is 0.00000119. The first-order valence-corrected chi connectivity index (χ1v) is 10.6. The largest absolute Gasteiger partial charge is 0.487 e. The zero-order valence-corrected chi connectivity index (χ0v) is 17.9. The fourth-order valence-electron chi connectivity index (χ4n) is 3.62. The van der Waals surface area contributed by atoms with Gasteiger partial charge in [0, 0.05) is 38.2 Å². The number of nitrogens with zero attached hydrogens (tertiary/aromatic N) is 5. The standard InChI is InChI=1S/C21H18F2N6O.C2H6/c22-13-1-2-19(15(23)9-13)30-14-4-7-29(8-5-14)21-20(18-11-25-12-26-18)27-17-10-24-6-3-16(17)28-21;1-2/h1-3,6,9-12,14H,4-5,7-8H2,(H,25,26);1-2H3. The van der Waals surface area contributed by atoms with Crippen LogP contribution >= 0.6 is 0 Å². The van der Waals surface area contributed by atoms with Gasteiger partial charge in [-0.1, -0.05) is 13.8 Å². The third kappa shape index (κ3) is 4.51. The number of hydrogen-bond acceptors (Lipinski definition) is 6. The minimum atomic E-state index is -0.687. The van der Waals surface area contributed by atoms with Crippen LogP contribution in [0.4, 0.5) is 14.6 Å². The zero-order chi connectivity index (χ0) is 22.5. The topological polar surface area (TPSA) is 79.8 Å². The number of imidazole rings is 1. The molecule has 0 radical (unpaired) electrons. The molecule has 3 aromatic heterocycles. The molecule has 1 aromatic carbocycles. The summed E-state index contributed by atoms with van der Waals surface area (Å²) in [6.07, 6.45) is 7.88. The first-order chi connectivity index (χ1) is 15.7. The molecule has 7 nitrogen and oxygen atoms in total. The van der Waals surface area contributed by atoms with Gasteiger partial charge < -0.3 is 14.6 Å². The van der Waals surface area contributed by atoms with E-state index in [-0.39, 0.29) is 11.9 Å². The molecule has 1 N–H and O–H groups in total. The van der Waals surface area contributed by atoms with Gasteiger partial charge >= 0.3 is 0 Å². The van der Waals surface area contributed by atoms with E-state index in [9.17, 15) is 8.78 Å². The molecule has 4 heterocycles. The maximum atomic E-state index is 13.9. The fraction of sp³-hybridized carbons (Fsp3) is 0.304. The highest BCUT2D eigenvalue weighted by Gasteiger charge is 2.26. The van der Waals surface area contributed by atoms with Crippen LogP contribution in [-0.2, 0) is 0 Å². The van der Waals surface area contributed by atoms with E-state index >= 15 is 0 Å². The molecule has 5 rings (SSSR count). The number of halogens is 2. The lowest BCUT2D eigenvalue weighted by Crippen LogP contribution is -2.39. The Morgan fingerprint density at radius 3 is 2.53 bits per heavy atom. The van der Waals surface area contributed by atoms with E-state index in [1.54, 1.807) is 24.9 Å². The van der Waals surface area contributed by atoms with Crippen molar-refractivity contribution in [3.8, 4) is 17.1 Å². The molecule has 4 aromatic rings. The Kier molecular flexibility index (Phi) is 6.53. The Hall–Kier alpha value is -3.62. The van der Waals surface area contributed by atoms with E-state index in [4.69, 9.17) is 14.7 Å². The number of aromatic amines is 1. The molecule has 1 fully saturated rings. The highest BCUT2D eigenvalue weighted by atomic mass is 19.1. The van der Waals surface area contributed by atoms with Crippen molar-refractivity contribution in [3.63, 3.8) is 0 Å². The smallest absolute Gasteiger partial charge is 0.167 e. The van der Waals surface area contributed by atoms with Crippen molar-refractivity contribution in [1.82, 2.24) is 24.9 Å². The number of benzene rings is 1. The second kappa shape index (κ2) is 9.67. The summed E-state index contributed by atoms with van der Waals surface area (Å²) in [5, 5.41) is 0. The van der Waals surface area contributed by atoms with Crippen molar-refractivity contribution >= 4 is 16.9 Å². The lowest BCUT2D eigenvalue weighted by atomic mass is 10.1. The van der Waals surface area contributed by atoms with Crippen molar-refractivity contribution < 1.29 is 13.5 Å². The Morgan fingerprint density at radius 2 is 1.81 bits per heavy atom. The second-order valence-electron chi connectivity index (χ2n) is 7.10. The lowest BCUT2D eigenvalue weighted by Gasteiger charge is -2.33. The second-order valence-corrected chi connectivity index (χ2v) is 7.10. The van der Waals surface area contributed by atoms with E-state index in [1.807, 2.05) is 19.9 Å². The average molecular weight is 438 g/mol. The first-order valence-electron chi connectivity index (χ1n) is 10.6. The van der Waals surface area contributed by atoms with Gasteiger partial charge in [0.1, 0.15) is 23.1 Å². The highest BCUT2D eigenvalue weighted by Crippen LogP contribution is 2.31. The number of hydrogen-bond donors (Lipinski definition) is 1. The van der Waals surface area contributed by atoms with Crippen LogP contribution in [-0.4, -0.2) is 44.1 Å². The quantitative estimate of drug-likeness (QED) is 0.495. The van der Waals surface area contributed by atoms with Gasteiger partial charge in [0.15, 0.2) is 17.4 Å². The molecule has 0 spiro atoms. The average Bonchev–Trinajstić information content (AvgIpc) is 3.37. The van der Waals surface area contributed by atoms with Gasteiger partial charge in [-0.2, -0.15) is 0 Å². The number of rotatable bonds is 4. The summed E-state index contributed by atoms with van der Waals surface area (Å²) in [4.78, 5) is 23.0. The number of anilines is 1. The molecule has 1 aliphatic rings. The molecule has 1 aliphatic heterocycles. The molecule has 0 aliphatic carbocycles. The molecule has 0 unspecified atom stereocenters. The minimum Gasteiger partial charge on any atom is -0.487 e. The SMILES string of the molecule is CC.Fc1ccc(OC2CCN(c3nc4ccncc4nc3-c3cnc[nH]3)CC2)c(F)c1. The number of piperidine rings is 1. The van der Waals surface area contributed by atoms with Gasteiger partial charge in [0.2, 0.25) is 0 Å². The molecule has 32 heavy (non-hydrogen) atoms.